The largest absolute Gasteiger partial charge is 0.311 e. The molecule has 0 fully saturated rings. The summed E-state index contributed by atoms with van der Waals surface area (Å²) in [7, 11) is 0. The van der Waals surface area contributed by atoms with Gasteiger partial charge in [-0.3, -0.25) is 4.79 Å². The van der Waals surface area contributed by atoms with E-state index in [4.69, 9.17) is 0 Å². The molecule has 0 bridgehead atoms. The molecule has 0 spiro atoms. The molecule has 10 aromatic rings. The topological polar surface area (TPSA) is 23.6 Å². The van der Waals surface area contributed by atoms with E-state index in [0.717, 1.165) is 45.0 Å². The number of hydrogen-bond donors (Lipinski definition) is 0. The van der Waals surface area contributed by atoms with E-state index < -0.39 is 0 Å². The van der Waals surface area contributed by atoms with Crippen LogP contribution in [0.5, 0.6) is 0 Å². The highest BCUT2D eigenvalue weighted by atomic mass is 16.1. The summed E-state index contributed by atoms with van der Waals surface area (Å²) in [6, 6.07) is 89.7. The molecule has 0 saturated carbocycles. The summed E-state index contributed by atoms with van der Waals surface area (Å²) in [5.41, 5.74) is 19.8. The molecule has 0 aromatic heterocycles. The fourth-order valence-corrected chi connectivity index (χ4v) is 9.64. The average Bonchev–Trinajstić information content (AvgIpc) is 3.40. The molecule has 67 heavy (non-hydrogen) atoms. The first kappa shape index (κ1) is 41.2. The van der Waals surface area contributed by atoms with E-state index in [1.165, 1.54) is 44.8 Å². The van der Waals surface area contributed by atoms with E-state index in [1.54, 1.807) is 0 Å². The van der Waals surface area contributed by atoms with E-state index in [0.29, 0.717) is 11.1 Å². The summed E-state index contributed by atoms with van der Waals surface area (Å²) < 4.78 is 0. The molecule has 0 aliphatic carbocycles. The third kappa shape index (κ3) is 7.91. The molecule has 1 aliphatic rings. The van der Waals surface area contributed by atoms with Crippen LogP contribution in [0, 0.1) is 0 Å². The summed E-state index contributed by atoms with van der Waals surface area (Å²) >= 11 is 0. The second kappa shape index (κ2) is 17.5. The Morgan fingerprint density at radius 1 is 0.343 bits per heavy atom. The van der Waals surface area contributed by atoms with Crippen molar-refractivity contribution in [2.45, 2.75) is 19.3 Å². The van der Waals surface area contributed by atoms with Gasteiger partial charge < -0.3 is 9.80 Å². The van der Waals surface area contributed by atoms with Crippen LogP contribution in [0.3, 0.4) is 0 Å². The third-order valence-electron chi connectivity index (χ3n) is 13.3. The smallest absolute Gasteiger partial charge is 0.193 e. The number of ketones is 1. The minimum absolute atomic E-state index is 0.0346. The van der Waals surface area contributed by atoms with Gasteiger partial charge in [0.25, 0.3) is 0 Å². The van der Waals surface area contributed by atoms with Crippen molar-refractivity contribution in [2.75, 3.05) is 9.80 Å². The summed E-state index contributed by atoms with van der Waals surface area (Å²) in [4.78, 5) is 17.7. The fraction of sp³-hybridized carbons (Fsp3) is 0.0469. The molecule has 3 nitrogen and oxygen atoms in total. The van der Waals surface area contributed by atoms with Crippen molar-refractivity contribution < 1.29 is 4.79 Å². The lowest BCUT2D eigenvalue weighted by molar-refractivity contribution is 0.103. The van der Waals surface area contributed by atoms with Gasteiger partial charge in [-0.25, -0.2) is 0 Å². The zero-order valence-corrected chi connectivity index (χ0v) is 37.6. The third-order valence-corrected chi connectivity index (χ3v) is 13.3. The maximum Gasteiger partial charge on any atom is 0.193 e. The number of anilines is 6. The van der Waals surface area contributed by atoms with Gasteiger partial charge in [0.2, 0.25) is 0 Å². The van der Waals surface area contributed by atoms with E-state index in [-0.39, 0.29) is 11.2 Å². The van der Waals surface area contributed by atoms with Crippen LogP contribution in [0.15, 0.2) is 255 Å². The van der Waals surface area contributed by atoms with Gasteiger partial charge in [-0.15, -0.1) is 0 Å². The predicted octanol–water partition coefficient (Wildman–Crippen LogP) is 17.2. The second-order valence-corrected chi connectivity index (χ2v) is 17.7. The first-order valence-electron chi connectivity index (χ1n) is 23.0. The van der Waals surface area contributed by atoms with Crippen molar-refractivity contribution >= 4 is 39.9 Å². The quantitative estimate of drug-likeness (QED) is 0.128. The molecule has 1 heterocycles. The Morgan fingerprint density at radius 3 is 1.09 bits per heavy atom. The Balaban J connectivity index is 0.879. The molecule has 10 aromatic carbocycles. The molecule has 0 radical (unpaired) electrons. The molecule has 0 amide bonds. The van der Waals surface area contributed by atoms with Gasteiger partial charge in [0, 0.05) is 39.3 Å². The predicted molar refractivity (Wildman–Crippen MR) is 280 cm³/mol. The van der Waals surface area contributed by atoms with Gasteiger partial charge in [0.1, 0.15) is 0 Å². The van der Waals surface area contributed by atoms with Crippen molar-refractivity contribution in [1.82, 2.24) is 0 Å². The monoisotopic (exact) mass is 860 g/mol. The SMILES string of the molecule is CC1(C)c2cc(-c3ccc(-c4ccc(-c5ccc(C(=O)c6ccccc6)cc5)cc4)cc3)ccc2N(c2ccccc2)c2ccc(-c3ccc(N(c4ccccc4)c4ccccc4)cc3)cc21. The Bertz CT molecular complexity index is 3290. The van der Waals surface area contributed by atoms with Gasteiger partial charge >= 0.3 is 0 Å². The number of fused-ring (bicyclic) bond motifs is 2. The van der Waals surface area contributed by atoms with Crippen LogP contribution in [0.1, 0.15) is 40.9 Å². The average molecular weight is 861 g/mol. The molecule has 0 N–H and O–H groups in total. The lowest BCUT2D eigenvalue weighted by Gasteiger charge is -2.42. The normalized spacial score (nSPS) is 12.5. The Kier molecular flexibility index (Phi) is 10.7. The first-order valence-corrected chi connectivity index (χ1v) is 23.0. The highest BCUT2D eigenvalue weighted by Gasteiger charge is 2.37. The van der Waals surface area contributed by atoms with Crippen molar-refractivity contribution in [3.05, 3.63) is 277 Å². The Labute approximate surface area is 393 Å². The maximum atomic E-state index is 13.0. The maximum absolute atomic E-state index is 13.0. The van der Waals surface area contributed by atoms with Crippen molar-refractivity contribution in [3.63, 3.8) is 0 Å². The summed E-state index contributed by atoms with van der Waals surface area (Å²) in [6.07, 6.45) is 0. The first-order chi connectivity index (χ1) is 32.9. The minimum atomic E-state index is -0.293. The molecule has 3 heteroatoms. The lowest BCUT2D eigenvalue weighted by atomic mass is 9.72. The lowest BCUT2D eigenvalue weighted by Crippen LogP contribution is -2.30. The Morgan fingerprint density at radius 2 is 0.657 bits per heavy atom. The number of benzene rings is 10. The highest BCUT2D eigenvalue weighted by Crippen LogP contribution is 2.53. The van der Waals surface area contributed by atoms with Crippen LogP contribution in [-0.2, 0) is 5.41 Å². The van der Waals surface area contributed by atoms with Crippen LogP contribution < -0.4 is 9.80 Å². The number of hydrogen-bond acceptors (Lipinski definition) is 3. The van der Waals surface area contributed by atoms with Gasteiger partial charge in [-0.2, -0.15) is 0 Å². The zero-order chi connectivity index (χ0) is 45.3. The molecular formula is C64H48N2O. The summed E-state index contributed by atoms with van der Waals surface area (Å²) in [6.45, 7) is 4.74. The van der Waals surface area contributed by atoms with Gasteiger partial charge in [-0.05, 0) is 128 Å². The molecule has 0 saturated heterocycles. The molecule has 0 atom stereocenters. The Hall–Kier alpha value is -8.53. The van der Waals surface area contributed by atoms with Crippen LogP contribution in [0.2, 0.25) is 0 Å². The molecule has 0 unspecified atom stereocenters. The number of carbonyl (C=O) groups excluding carboxylic acids is 1. The standard InChI is InChI=1S/C64H48N2O/c1-64(2)59-43-53(49-29-27-47(28-30-49)45-23-25-46(26-24-45)48-31-33-52(34-32-48)63(67)51-15-7-3-8-16-51)37-41-61(59)66(57-21-13-6-14-22-57)62-42-38-54(44-60(62)64)50-35-39-58(40-36-50)65(55-17-9-4-10-18-55)56-19-11-5-12-20-56/h3-44H,1-2H3. The van der Waals surface area contributed by atoms with E-state index >= 15 is 0 Å². The molecule has 11 rings (SSSR count). The zero-order valence-electron chi connectivity index (χ0n) is 37.6. The van der Waals surface area contributed by atoms with E-state index in [2.05, 4.69) is 224 Å². The van der Waals surface area contributed by atoms with Crippen LogP contribution in [0.25, 0.3) is 44.5 Å². The fourth-order valence-electron chi connectivity index (χ4n) is 9.64. The van der Waals surface area contributed by atoms with E-state index in [9.17, 15) is 4.79 Å². The van der Waals surface area contributed by atoms with Crippen LogP contribution in [0.4, 0.5) is 34.1 Å². The van der Waals surface area contributed by atoms with Crippen molar-refractivity contribution in [3.8, 4) is 44.5 Å². The van der Waals surface area contributed by atoms with Gasteiger partial charge in [0.05, 0.1) is 11.4 Å². The number of carbonyl (C=O) groups is 1. The van der Waals surface area contributed by atoms with Gasteiger partial charge in [-0.1, -0.05) is 196 Å². The summed E-state index contributed by atoms with van der Waals surface area (Å²) in [5, 5.41) is 0. The number of rotatable bonds is 10. The minimum Gasteiger partial charge on any atom is -0.311 e. The van der Waals surface area contributed by atoms with Crippen molar-refractivity contribution in [1.29, 1.82) is 0 Å². The molecule has 320 valence electrons. The number of nitrogens with zero attached hydrogens (tertiary/aromatic N) is 2. The van der Waals surface area contributed by atoms with Crippen molar-refractivity contribution in [2.24, 2.45) is 0 Å². The number of para-hydroxylation sites is 3. The summed E-state index contributed by atoms with van der Waals surface area (Å²) in [5.74, 6) is 0.0346. The van der Waals surface area contributed by atoms with Gasteiger partial charge in [0.15, 0.2) is 5.78 Å². The van der Waals surface area contributed by atoms with Crippen LogP contribution in [-0.4, -0.2) is 5.78 Å². The highest BCUT2D eigenvalue weighted by molar-refractivity contribution is 6.09. The van der Waals surface area contributed by atoms with Crippen LogP contribution >= 0.6 is 0 Å². The second-order valence-electron chi connectivity index (χ2n) is 17.7. The molecule has 1 aliphatic heterocycles. The molecular weight excluding hydrogens is 813 g/mol. The van der Waals surface area contributed by atoms with E-state index in [1.807, 2.05) is 54.6 Å².